The minimum absolute atomic E-state index is 0.00741. The van der Waals surface area contributed by atoms with E-state index in [4.69, 9.17) is 14.2 Å². The lowest BCUT2D eigenvalue weighted by molar-refractivity contribution is -0.306. The summed E-state index contributed by atoms with van der Waals surface area (Å²) in [4.78, 5) is 14.8. The number of methoxy groups -OCH3 is 1. The van der Waals surface area contributed by atoms with E-state index in [2.05, 4.69) is 20.8 Å². The van der Waals surface area contributed by atoms with Gasteiger partial charge in [0.15, 0.2) is 5.78 Å². The summed E-state index contributed by atoms with van der Waals surface area (Å²) in [6, 6.07) is 0. The van der Waals surface area contributed by atoms with Crippen LogP contribution in [0.5, 0.6) is 0 Å². The van der Waals surface area contributed by atoms with E-state index in [1.54, 1.807) is 7.11 Å². The summed E-state index contributed by atoms with van der Waals surface area (Å²) >= 11 is 3.63. The molecule has 198 valence electrons. The lowest BCUT2D eigenvalue weighted by Gasteiger charge is -2.69. The van der Waals surface area contributed by atoms with Crippen LogP contribution in [0.2, 0.25) is 0 Å². The molecule has 2 aliphatic heterocycles. The van der Waals surface area contributed by atoms with E-state index in [-0.39, 0.29) is 46.4 Å². The largest absolute Gasteiger partial charge is 0.389 e. The maximum atomic E-state index is 14.8. The van der Waals surface area contributed by atoms with Crippen LogP contribution in [0.1, 0.15) is 60.8 Å². The number of ether oxygens (including phenoxy) is 3. The molecule has 2 saturated carbocycles. The molecule has 0 radical (unpaired) electrons. The normalized spacial score (nSPS) is 50.0. The highest BCUT2D eigenvalue weighted by molar-refractivity contribution is 8.17. The fourth-order valence-electron chi connectivity index (χ4n) is 8.51. The summed E-state index contributed by atoms with van der Waals surface area (Å²) in [6.45, 7) is 12.8. The average molecular weight is 527 g/mol. The molecule has 8 heteroatoms. The fraction of sp³-hybridized carbons (Fsp3) is 0.889. The molecule has 2 heterocycles. The summed E-state index contributed by atoms with van der Waals surface area (Å²) in [7, 11) is 1.57. The molecule has 0 spiro atoms. The summed E-state index contributed by atoms with van der Waals surface area (Å²) in [5.41, 5.74) is -1.62. The van der Waals surface area contributed by atoms with Gasteiger partial charge in [0.2, 0.25) is 0 Å². The molecule has 3 aliphatic carbocycles. The van der Waals surface area contributed by atoms with Gasteiger partial charge in [-0.3, -0.25) is 4.79 Å². The molecule has 2 bridgehead atoms. The van der Waals surface area contributed by atoms with Crippen LogP contribution in [0.4, 0.5) is 0 Å². The SMILES string of the molecule is CO[C@H]1C(=O)[C@]2(C)[C@@H](OC3SCCCS3)C[C@H]3OC[C@@]3(C)[C@H]2[C@H](C)[C@]2(O)C[C@H](O)C(C)=C1C2(C)C. The highest BCUT2D eigenvalue weighted by Gasteiger charge is 2.73. The Morgan fingerprint density at radius 2 is 1.80 bits per heavy atom. The standard InChI is InChI=1S/C27H42O6S2/c1-14-16(28)12-27(30)15(2)21-25(5)13-32-17(25)11-18(33-23-34-9-8-10-35-23)26(21,6)22(29)20(31-7)19(14)24(27,3)4/h15-18,20-21,23,28,30H,8-13H2,1-7H3/t15-,16-,17+,18-,20+,21+,25+,26+,27+/m0/s1. The maximum absolute atomic E-state index is 14.8. The molecule has 6 nitrogen and oxygen atoms in total. The first-order valence-electron chi connectivity index (χ1n) is 13.0. The number of fused-ring (bicyclic) bond motifs is 5. The Balaban J connectivity index is 1.70. The van der Waals surface area contributed by atoms with E-state index in [1.165, 1.54) is 6.42 Å². The van der Waals surface area contributed by atoms with Gasteiger partial charge in [-0.25, -0.2) is 0 Å². The lowest BCUT2D eigenvalue weighted by Crippen LogP contribution is -2.75. The van der Waals surface area contributed by atoms with E-state index in [0.29, 0.717) is 13.0 Å². The third-order valence-corrected chi connectivity index (χ3v) is 13.2. The van der Waals surface area contributed by atoms with E-state index in [9.17, 15) is 15.0 Å². The minimum Gasteiger partial charge on any atom is -0.389 e. The summed E-state index contributed by atoms with van der Waals surface area (Å²) in [6.07, 6.45) is 0.0731. The number of carbonyl (C=O) groups is 1. The van der Waals surface area contributed by atoms with Crippen LogP contribution in [-0.4, -0.2) is 76.0 Å². The van der Waals surface area contributed by atoms with Crippen molar-refractivity contribution in [2.24, 2.45) is 28.1 Å². The second-order valence-corrected chi connectivity index (χ2v) is 15.1. The molecule has 2 saturated heterocycles. The number of rotatable bonds is 3. The van der Waals surface area contributed by atoms with Crippen molar-refractivity contribution in [2.75, 3.05) is 25.2 Å². The van der Waals surface area contributed by atoms with Crippen molar-refractivity contribution in [3.05, 3.63) is 11.1 Å². The summed E-state index contributed by atoms with van der Waals surface area (Å²) in [5, 5.41) is 23.6. The van der Waals surface area contributed by atoms with Gasteiger partial charge in [-0.1, -0.05) is 27.7 Å². The topological polar surface area (TPSA) is 85.2 Å². The third kappa shape index (κ3) is 3.46. The maximum Gasteiger partial charge on any atom is 0.174 e. The number of hydrogen-bond donors (Lipinski definition) is 2. The third-order valence-electron chi connectivity index (χ3n) is 10.6. The van der Waals surface area contributed by atoms with Crippen molar-refractivity contribution < 1.29 is 29.2 Å². The first kappa shape index (κ1) is 26.5. The van der Waals surface area contributed by atoms with E-state index < -0.39 is 28.6 Å². The first-order chi connectivity index (χ1) is 16.3. The Labute approximate surface area is 218 Å². The predicted octanol–water partition coefficient (Wildman–Crippen LogP) is 4.03. The van der Waals surface area contributed by atoms with Gasteiger partial charge in [0.1, 0.15) is 10.9 Å². The molecule has 0 amide bonds. The van der Waals surface area contributed by atoms with Gasteiger partial charge in [0, 0.05) is 30.8 Å². The zero-order valence-corrected chi connectivity index (χ0v) is 23.8. The summed E-state index contributed by atoms with van der Waals surface area (Å²) < 4.78 is 18.9. The van der Waals surface area contributed by atoms with E-state index in [0.717, 1.165) is 22.7 Å². The Morgan fingerprint density at radius 3 is 2.37 bits per heavy atom. The molecule has 9 atom stereocenters. The van der Waals surface area contributed by atoms with Gasteiger partial charge in [-0.15, -0.1) is 23.5 Å². The highest BCUT2D eigenvalue weighted by atomic mass is 32.2. The van der Waals surface area contributed by atoms with Crippen LogP contribution in [-0.2, 0) is 19.0 Å². The molecule has 0 aromatic heterocycles. The Kier molecular flexibility index (Phi) is 6.60. The van der Waals surface area contributed by atoms with E-state index >= 15 is 0 Å². The number of carbonyl (C=O) groups excluding carboxylic acids is 1. The molecule has 4 fully saturated rings. The Morgan fingerprint density at radius 1 is 1.14 bits per heavy atom. The molecule has 0 unspecified atom stereocenters. The molecular formula is C27H42O6S2. The van der Waals surface area contributed by atoms with Gasteiger partial charge in [-0.05, 0) is 54.8 Å². The van der Waals surface area contributed by atoms with Crippen LogP contribution < -0.4 is 0 Å². The predicted molar refractivity (Wildman–Crippen MR) is 139 cm³/mol. The Bertz CT molecular complexity index is 915. The Hall–Kier alpha value is -0.0900. The highest BCUT2D eigenvalue weighted by Crippen LogP contribution is 2.67. The van der Waals surface area contributed by atoms with Crippen LogP contribution in [0.3, 0.4) is 0 Å². The molecule has 5 aliphatic rings. The monoisotopic (exact) mass is 526 g/mol. The quantitative estimate of drug-likeness (QED) is 0.534. The van der Waals surface area contributed by atoms with Gasteiger partial charge in [-0.2, -0.15) is 0 Å². The number of aliphatic hydroxyl groups is 2. The van der Waals surface area contributed by atoms with Gasteiger partial charge in [0.25, 0.3) is 0 Å². The molecule has 0 aromatic carbocycles. The van der Waals surface area contributed by atoms with E-state index in [1.807, 2.05) is 44.3 Å². The molecular weight excluding hydrogens is 484 g/mol. The van der Waals surface area contributed by atoms with Crippen LogP contribution in [0, 0.1) is 28.1 Å². The number of Topliss-reactive ketones (excluding diaryl/α,β-unsaturated/α-hetero) is 1. The van der Waals surface area contributed by atoms with Crippen molar-refractivity contribution in [3.8, 4) is 0 Å². The van der Waals surface area contributed by atoms with Crippen molar-refractivity contribution >= 4 is 29.3 Å². The van der Waals surface area contributed by atoms with Gasteiger partial charge >= 0.3 is 0 Å². The number of hydrogen-bond acceptors (Lipinski definition) is 8. The zero-order chi connectivity index (χ0) is 25.6. The number of thioether (sulfide) groups is 2. The first-order valence-corrected chi connectivity index (χ1v) is 15.1. The molecule has 2 N–H and O–H groups in total. The smallest absolute Gasteiger partial charge is 0.174 e. The van der Waals surface area contributed by atoms with Gasteiger partial charge < -0.3 is 24.4 Å². The lowest BCUT2D eigenvalue weighted by atomic mass is 9.40. The average Bonchev–Trinajstić information content (AvgIpc) is 2.81. The van der Waals surface area contributed by atoms with Crippen molar-refractivity contribution in [1.29, 1.82) is 0 Å². The second-order valence-electron chi connectivity index (χ2n) is 12.4. The molecule has 0 aromatic rings. The van der Waals surface area contributed by atoms with Crippen molar-refractivity contribution in [2.45, 2.75) is 95.6 Å². The fourth-order valence-corrected chi connectivity index (χ4v) is 11.1. The van der Waals surface area contributed by atoms with Gasteiger partial charge in [0.05, 0.1) is 35.9 Å². The minimum atomic E-state index is -1.22. The van der Waals surface area contributed by atoms with Crippen LogP contribution in [0.25, 0.3) is 0 Å². The summed E-state index contributed by atoms with van der Waals surface area (Å²) in [5.74, 6) is 1.68. The number of aliphatic hydroxyl groups excluding tert-OH is 1. The second kappa shape index (κ2) is 8.72. The molecule has 5 rings (SSSR count). The van der Waals surface area contributed by atoms with Crippen molar-refractivity contribution in [3.63, 3.8) is 0 Å². The van der Waals surface area contributed by atoms with Crippen LogP contribution >= 0.6 is 23.5 Å². The van der Waals surface area contributed by atoms with Crippen molar-refractivity contribution in [1.82, 2.24) is 0 Å². The number of ketones is 1. The zero-order valence-electron chi connectivity index (χ0n) is 22.1. The van der Waals surface area contributed by atoms with Crippen LogP contribution in [0.15, 0.2) is 11.1 Å². The molecule has 35 heavy (non-hydrogen) atoms.